The molecule has 0 aliphatic heterocycles. The third-order valence-electron chi connectivity index (χ3n) is 2.07. The molecule has 0 unspecified atom stereocenters. The summed E-state index contributed by atoms with van der Waals surface area (Å²) in [6.07, 6.45) is 4.75. The first-order valence-corrected chi connectivity index (χ1v) is 4.28. The van der Waals surface area contributed by atoms with Gasteiger partial charge in [-0.15, -0.1) is 0 Å². The van der Waals surface area contributed by atoms with Gasteiger partial charge in [-0.25, -0.2) is 0 Å². The van der Waals surface area contributed by atoms with Crippen LogP contribution in [0.15, 0.2) is 29.8 Å². The zero-order valence-corrected chi connectivity index (χ0v) is 6.96. The van der Waals surface area contributed by atoms with Crippen LogP contribution in [0.5, 0.6) is 0 Å². The van der Waals surface area contributed by atoms with Gasteiger partial charge in [0.05, 0.1) is 6.61 Å². The number of aliphatic hydroxyl groups is 1. The van der Waals surface area contributed by atoms with E-state index in [2.05, 4.69) is 18.2 Å². The first-order chi connectivity index (χ1) is 5.88. The topological polar surface area (TPSA) is 20.2 Å². The summed E-state index contributed by atoms with van der Waals surface area (Å²) in [6.45, 7) is 0.136. The van der Waals surface area contributed by atoms with Crippen LogP contribution in [0.4, 0.5) is 0 Å². The molecule has 1 nitrogen and oxygen atoms in total. The van der Waals surface area contributed by atoms with Crippen molar-refractivity contribution in [3.05, 3.63) is 41.0 Å². The van der Waals surface area contributed by atoms with E-state index in [1.165, 1.54) is 24.0 Å². The Morgan fingerprint density at radius 1 is 1.17 bits per heavy atom. The lowest BCUT2D eigenvalue weighted by Gasteiger charge is -1.95. The first kappa shape index (κ1) is 7.56. The molecule has 0 saturated heterocycles. The fourth-order valence-electron chi connectivity index (χ4n) is 1.17. The van der Waals surface area contributed by atoms with Gasteiger partial charge in [0.15, 0.2) is 0 Å². The third kappa shape index (κ3) is 1.74. The summed E-state index contributed by atoms with van der Waals surface area (Å²) >= 11 is 0. The van der Waals surface area contributed by atoms with Crippen molar-refractivity contribution in [2.75, 3.05) is 0 Å². The van der Waals surface area contributed by atoms with Gasteiger partial charge in [-0.3, -0.25) is 0 Å². The molecule has 0 heterocycles. The number of hydrogen-bond acceptors (Lipinski definition) is 1. The first-order valence-electron chi connectivity index (χ1n) is 4.28. The van der Waals surface area contributed by atoms with E-state index in [0.717, 1.165) is 5.56 Å². The maximum absolute atomic E-state index is 8.81. The van der Waals surface area contributed by atoms with Gasteiger partial charge in [0, 0.05) is 0 Å². The minimum absolute atomic E-state index is 0.136. The summed E-state index contributed by atoms with van der Waals surface area (Å²) in [6, 6.07) is 8.04. The van der Waals surface area contributed by atoms with Crippen LogP contribution in [0.2, 0.25) is 0 Å². The van der Waals surface area contributed by atoms with Crippen molar-refractivity contribution < 1.29 is 5.11 Å². The van der Waals surface area contributed by atoms with E-state index in [1.54, 1.807) is 0 Å². The third-order valence-corrected chi connectivity index (χ3v) is 2.07. The molecule has 0 radical (unpaired) electrons. The Kier molecular flexibility index (Phi) is 1.96. The molecule has 1 N–H and O–H groups in total. The summed E-state index contributed by atoms with van der Waals surface area (Å²) < 4.78 is 0. The Morgan fingerprint density at radius 3 is 2.33 bits per heavy atom. The van der Waals surface area contributed by atoms with Crippen molar-refractivity contribution in [1.82, 2.24) is 0 Å². The second-order valence-electron chi connectivity index (χ2n) is 3.20. The second kappa shape index (κ2) is 3.11. The monoisotopic (exact) mass is 160 g/mol. The van der Waals surface area contributed by atoms with Gasteiger partial charge in [0.1, 0.15) is 0 Å². The normalized spacial score (nSPS) is 14.6. The van der Waals surface area contributed by atoms with Crippen LogP contribution in [-0.4, -0.2) is 5.11 Å². The van der Waals surface area contributed by atoms with Gasteiger partial charge in [-0.2, -0.15) is 0 Å². The molecule has 1 aromatic carbocycles. The van der Waals surface area contributed by atoms with Crippen molar-refractivity contribution in [2.24, 2.45) is 0 Å². The molecule has 1 fully saturated rings. The number of hydrogen-bond donors (Lipinski definition) is 1. The predicted molar refractivity (Wildman–Crippen MR) is 49.6 cm³/mol. The molecule has 0 aromatic heterocycles. The quantitative estimate of drug-likeness (QED) is 0.704. The number of allylic oxidation sites excluding steroid dienone is 1. The fourth-order valence-corrected chi connectivity index (χ4v) is 1.17. The Labute approximate surface area is 72.4 Å². The van der Waals surface area contributed by atoms with Gasteiger partial charge >= 0.3 is 0 Å². The summed E-state index contributed by atoms with van der Waals surface area (Å²) in [5.41, 5.74) is 3.76. The molecular weight excluding hydrogens is 148 g/mol. The fraction of sp³-hybridized carbons (Fsp3) is 0.273. The average molecular weight is 160 g/mol. The predicted octanol–water partition coefficient (Wildman–Crippen LogP) is 2.36. The number of benzene rings is 1. The van der Waals surface area contributed by atoms with Crippen LogP contribution in [-0.2, 0) is 6.61 Å². The summed E-state index contributed by atoms with van der Waals surface area (Å²) in [5.74, 6) is 0. The van der Waals surface area contributed by atoms with Crippen molar-refractivity contribution in [2.45, 2.75) is 19.4 Å². The van der Waals surface area contributed by atoms with E-state index in [-0.39, 0.29) is 6.61 Å². The Hall–Kier alpha value is -1.08. The highest BCUT2D eigenvalue weighted by Crippen LogP contribution is 2.29. The highest BCUT2D eigenvalue weighted by Gasteiger charge is 2.09. The van der Waals surface area contributed by atoms with Crippen LogP contribution < -0.4 is 0 Å². The van der Waals surface area contributed by atoms with E-state index in [4.69, 9.17) is 5.11 Å². The van der Waals surface area contributed by atoms with Crippen molar-refractivity contribution in [3.8, 4) is 0 Å². The highest BCUT2D eigenvalue weighted by atomic mass is 16.3. The van der Waals surface area contributed by atoms with Crippen LogP contribution in [0.25, 0.3) is 6.08 Å². The van der Waals surface area contributed by atoms with Crippen LogP contribution >= 0.6 is 0 Å². The molecule has 1 heteroatoms. The highest BCUT2D eigenvalue weighted by molar-refractivity contribution is 5.56. The molecule has 0 bridgehead atoms. The zero-order chi connectivity index (χ0) is 8.39. The summed E-state index contributed by atoms with van der Waals surface area (Å²) in [5, 5.41) is 8.81. The van der Waals surface area contributed by atoms with E-state index in [9.17, 15) is 0 Å². The standard InChI is InChI=1S/C11H12O/c12-8-11-5-3-10(4-6-11)7-9-1-2-9/h3-7,12H,1-2,8H2. The summed E-state index contributed by atoms with van der Waals surface area (Å²) in [4.78, 5) is 0. The molecule has 1 aliphatic rings. The molecule has 0 amide bonds. The van der Waals surface area contributed by atoms with Gasteiger partial charge in [0.2, 0.25) is 0 Å². The maximum Gasteiger partial charge on any atom is 0.0681 e. The number of aliphatic hydroxyl groups excluding tert-OH is 1. The molecule has 1 saturated carbocycles. The van der Waals surface area contributed by atoms with Crippen molar-refractivity contribution in [1.29, 1.82) is 0 Å². The average Bonchev–Trinajstić information content (AvgIpc) is 2.90. The van der Waals surface area contributed by atoms with Crippen LogP contribution in [0.1, 0.15) is 24.0 Å². The lowest BCUT2D eigenvalue weighted by atomic mass is 10.1. The van der Waals surface area contributed by atoms with Gasteiger partial charge in [-0.05, 0) is 24.0 Å². The van der Waals surface area contributed by atoms with E-state index in [0.29, 0.717) is 0 Å². The lowest BCUT2D eigenvalue weighted by molar-refractivity contribution is 0.282. The maximum atomic E-state index is 8.81. The molecule has 0 atom stereocenters. The van der Waals surface area contributed by atoms with Gasteiger partial charge in [-0.1, -0.05) is 35.9 Å². The minimum atomic E-state index is 0.136. The van der Waals surface area contributed by atoms with E-state index >= 15 is 0 Å². The molecule has 1 aliphatic carbocycles. The Balaban J connectivity index is 2.18. The minimum Gasteiger partial charge on any atom is -0.392 e. The van der Waals surface area contributed by atoms with E-state index in [1.807, 2.05) is 12.1 Å². The zero-order valence-electron chi connectivity index (χ0n) is 6.96. The molecule has 2 rings (SSSR count). The number of rotatable bonds is 2. The lowest BCUT2D eigenvalue weighted by Crippen LogP contribution is -1.81. The molecule has 62 valence electrons. The van der Waals surface area contributed by atoms with Gasteiger partial charge < -0.3 is 5.11 Å². The molecule has 12 heavy (non-hydrogen) atoms. The van der Waals surface area contributed by atoms with Crippen molar-refractivity contribution in [3.63, 3.8) is 0 Å². The largest absolute Gasteiger partial charge is 0.392 e. The van der Waals surface area contributed by atoms with Crippen molar-refractivity contribution >= 4 is 6.08 Å². The van der Waals surface area contributed by atoms with Gasteiger partial charge in [0.25, 0.3) is 0 Å². The smallest absolute Gasteiger partial charge is 0.0681 e. The Bertz CT molecular complexity index is 289. The molecular formula is C11H12O. The second-order valence-corrected chi connectivity index (χ2v) is 3.20. The van der Waals surface area contributed by atoms with Crippen LogP contribution in [0, 0.1) is 0 Å². The SMILES string of the molecule is OCc1ccc(C=C2CC2)cc1. The Morgan fingerprint density at radius 2 is 1.83 bits per heavy atom. The van der Waals surface area contributed by atoms with E-state index < -0.39 is 0 Å². The molecule has 1 aromatic rings. The molecule has 0 spiro atoms. The summed E-state index contributed by atoms with van der Waals surface area (Å²) in [7, 11) is 0. The van der Waals surface area contributed by atoms with Crippen LogP contribution in [0.3, 0.4) is 0 Å².